The maximum atomic E-state index is 5.66. The molecule has 1 aromatic heterocycles. The highest BCUT2D eigenvalue weighted by Gasteiger charge is 2.58. The molecule has 6 bridgehead atoms. The largest absolute Gasteiger partial charge is 0.354 e. The molecule has 2 unspecified atom stereocenters. The van der Waals surface area contributed by atoms with Crippen LogP contribution in [0, 0.1) is 62.3 Å². The van der Waals surface area contributed by atoms with Crippen LogP contribution in [0.5, 0.6) is 0 Å². The number of aromatic nitrogens is 1. The first-order valence-corrected chi connectivity index (χ1v) is 21.9. The second-order valence-corrected chi connectivity index (χ2v) is 17.9. The van der Waals surface area contributed by atoms with Crippen LogP contribution >= 0.6 is 15.9 Å². The quantitative estimate of drug-likeness (QED) is 0.139. The van der Waals surface area contributed by atoms with Gasteiger partial charge in [-0.3, -0.25) is 0 Å². The maximum Gasteiger partial charge on any atom is 0.0817 e. The molecule has 4 nitrogen and oxygen atoms in total. The molecule has 292 valence electrons. The molecule has 5 aromatic rings. The van der Waals surface area contributed by atoms with Crippen molar-refractivity contribution in [3.8, 4) is 0 Å². The van der Waals surface area contributed by atoms with Crippen LogP contribution in [0.2, 0.25) is 0 Å². The van der Waals surface area contributed by atoms with E-state index in [1.807, 2.05) is 0 Å². The zero-order valence-electron chi connectivity index (χ0n) is 35.4. The van der Waals surface area contributed by atoms with Gasteiger partial charge in [-0.05, 0) is 166 Å². The fourth-order valence-electron chi connectivity index (χ4n) is 10.6. The Hall–Kier alpha value is -5.78. The minimum atomic E-state index is 0.162. The van der Waals surface area contributed by atoms with E-state index in [0.29, 0.717) is 0 Å². The number of rotatable bonds is 5. The molecule has 1 N–H and O–H groups in total. The van der Waals surface area contributed by atoms with Crippen LogP contribution in [-0.2, 0) is 5.33 Å². The number of hydrogen-bond acceptors (Lipinski definition) is 3. The van der Waals surface area contributed by atoms with Gasteiger partial charge in [0.2, 0.25) is 0 Å². The zero-order valence-corrected chi connectivity index (χ0v) is 37.0. The monoisotopic (exact) mass is 832 g/mol. The summed E-state index contributed by atoms with van der Waals surface area (Å²) in [6.07, 6.45) is 11.5. The third kappa shape index (κ3) is 6.08. The molecule has 59 heavy (non-hydrogen) atoms. The first kappa shape index (κ1) is 37.5. The van der Waals surface area contributed by atoms with Gasteiger partial charge in [-0.25, -0.2) is 9.98 Å². The van der Waals surface area contributed by atoms with Crippen molar-refractivity contribution in [3.63, 3.8) is 0 Å². The van der Waals surface area contributed by atoms with Gasteiger partial charge < -0.3 is 9.88 Å². The number of hydrogen-bond donors (Lipinski definition) is 1. The molecular weight excluding hydrogens is 785 g/mol. The Balaban J connectivity index is 1.33. The van der Waals surface area contributed by atoms with Crippen molar-refractivity contribution < 1.29 is 0 Å². The summed E-state index contributed by atoms with van der Waals surface area (Å²) in [5.74, 6) is 0. The average Bonchev–Trinajstić information content (AvgIpc) is 3.74. The number of halogens is 1. The van der Waals surface area contributed by atoms with Crippen LogP contribution in [0.4, 0.5) is 0 Å². The fraction of sp³-hybridized carbons (Fsp3) is 0.222. The normalized spacial score (nSPS) is 21.2. The van der Waals surface area contributed by atoms with Gasteiger partial charge >= 0.3 is 0 Å². The van der Waals surface area contributed by atoms with E-state index in [-0.39, 0.29) is 12.1 Å². The molecule has 10 rings (SSSR count). The molecule has 0 amide bonds. The lowest BCUT2D eigenvalue weighted by Crippen LogP contribution is -2.22. The van der Waals surface area contributed by atoms with Crippen molar-refractivity contribution in [1.29, 1.82) is 0 Å². The Morgan fingerprint density at radius 1 is 0.542 bits per heavy atom. The highest BCUT2D eigenvalue weighted by molar-refractivity contribution is 9.08. The third-order valence-electron chi connectivity index (χ3n) is 12.8. The number of aryl methyl sites for hydroxylation is 9. The van der Waals surface area contributed by atoms with E-state index in [1.54, 1.807) is 0 Å². The second kappa shape index (κ2) is 13.9. The minimum absolute atomic E-state index is 0.162. The summed E-state index contributed by atoms with van der Waals surface area (Å²) in [4.78, 5) is 17.9. The van der Waals surface area contributed by atoms with Crippen molar-refractivity contribution in [2.24, 2.45) is 9.98 Å². The minimum Gasteiger partial charge on any atom is -0.354 e. The summed E-state index contributed by atoms with van der Waals surface area (Å²) in [7, 11) is 0. The van der Waals surface area contributed by atoms with E-state index in [1.165, 1.54) is 89.2 Å². The van der Waals surface area contributed by atoms with Gasteiger partial charge in [0, 0.05) is 44.0 Å². The van der Waals surface area contributed by atoms with Gasteiger partial charge in [0.25, 0.3) is 0 Å². The van der Waals surface area contributed by atoms with Gasteiger partial charge in [0.1, 0.15) is 0 Å². The fourth-order valence-corrected chi connectivity index (χ4v) is 10.9. The number of allylic oxidation sites excluding steroid dienone is 5. The lowest BCUT2D eigenvalue weighted by molar-refractivity contribution is 0.614. The van der Waals surface area contributed by atoms with E-state index in [4.69, 9.17) is 9.98 Å². The predicted molar refractivity (Wildman–Crippen MR) is 251 cm³/mol. The number of benzene rings is 4. The average molecular weight is 834 g/mol. The van der Waals surface area contributed by atoms with Crippen LogP contribution in [0.3, 0.4) is 0 Å². The standard InChI is InChI=1S/C54H49BrN4/c1-28-20-31(4)47(32(5)21-28)51-41-16-14-39(56-41)50(38-12-10-37(27-55)11-13-38)40-15-19-44(57-40)53(49-35(8)24-30(3)25-36(49)9)54-46-26-45(59(46)54)52(43-18-17-42(51)58-43)48-33(6)22-29(2)23-34(48)7/h10-26,46,54,56H,27H2,1-9H3/b50-39-,51-41?,52-43?,53-44-. The van der Waals surface area contributed by atoms with Gasteiger partial charge in [-0.15, -0.1) is 0 Å². The second-order valence-electron chi connectivity index (χ2n) is 17.3. The van der Waals surface area contributed by atoms with E-state index in [9.17, 15) is 0 Å². The van der Waals surface area contributed by atoms with Crippen LogP contribution in [0.15, 0.2) is 130 Å². The van der Waals surface area contributed by atoms with Gasteiger partial charge in [-0.1, -0.05) is 93.3 Å². The Morgan fingerprint density at radius 2 is 1.02 bits per heavy atom. The van der Waals surface area contributed by atoms with E-state index in [2.05, 4.69) is 191 Å². The number of H-pyrrole nitrogens is 1. The van der Waals surface area contributed by atoms with Crippen LogP contribution in [0.1, 0.15) is 77.9 Å². The van der Waals surface area contributed by atoms with Crippen LogP contribution in [0.25, 0.3) is 22.3 Å². The lowest BCUT2D eigenvalue weighted by Gasteiger charge is -2.25. The molecule has 0 radical (unpaired) electrons. The Kier molecular flexibility index (Phi) is 8.84. The van der Waals surface area contributed by atoms with Crippen molar-refractivity contribution in [1.82, 2.24) is 9.88 Å². The number of aliphatic imine (C=N–C) groups is 2. The molecule has 5 heteroatoms. The molecule has 1 saturated heterocycles. The number of nitrogens with zero attached hydrogens (tertiary/aromatic N) is 3. The molecule has 4 aromatic carbocycles. The van der Waals surface area contributed by atoms with Crippen molar-refractivity contribution >= 4 is 49.6 Å². The van der Waals surface area contributed by atoms with E-state index < -0.39 is 0 Å². The van der Waals surface area contributed by atoms with E-state index >= 15 is 0 Å². The van der Waals surface area contributed by atoms with Crippen molar-refractivity contribution in [3.05, 3.63) is 209 Å². The van der Waals surface area contributed by atoms with Crippen molar-refractivity contribution in [2.45, 2.75) is 79.7 Å². The Morgan fingerprint density at radius 3 is 1.58 bits per heavy atom. The topological polar surface area (TPSA) is 43.5 Å². The van der Waals surface area contributed by atoms with Gasteiger partial charge in [0.05, 0.1) is 34.9 Å². The molecule has 5 aliphatic rings. The summed E-state index contributed by atoms with van der Waals surface area (Å²) >= 11 is 3.67. The Labute approximate surface area is 356 Å². The molecule has 0 spiro atoms. The summed E-state index contributed by atoms with van der Waals surface area (Å²) in [5, 5.41) is 2.86. The summed E-state index contributed by atoms with van der Waals surface area (Å²) < 4.78 is 0. The summed E-state index contributed by atoms with van der Waals surface area (Å²) in [5.41, 5.74) is 27.5. The Bertz CT molecular complexity index is 2990. The molecule has 6 heterocycles. The SMILES string of the molecule is Cc1cc(C)c(C2=C3C=CC(=N3)C(c3c(C)cc(C)cc3C)=c3cc/c([nH]3)=C(\c3ccc(CBr)cc3)C3=N/C(=C(/c4c(C)cc(C)cc4C)C4C5C=C2N54)C=C3)c(C)c1. The van der Waals surface area contributed by atoms with Crippen LogP contribution in [-0.4, -0.2) is 33.4 Å². The molecular formula is C54H49BrN4. The van der Waals surface area contributed by atoms with E-state index in [0.717, 1.165) is 55.6 Å². The zero-order chi connectivity index (χ0) is 41.0. The van der Waals surface area contributed by atoms with Gasteiger partial charge in [-0.2, -0.15) is 0 Å². The van der Waals surface area contributed by atoms with Gasteiger partial charge in [0.15, 0.2) is 0 Å². The molecule has 1 fully saturated rings. The molecule has 0 aliphatic carbocycles. The van der Waals surface area contributed by atoms with Crippen molar-refractivity contribution in [2.75, 3.05) is 0 Å². The number of fused-ring (bicyclic) bond motifs is 5. The highest BCUT2D eigenvalue weighted by Crippen LogP contribution is 2.57. The lowest BCUT2D eigenvalue weighted by atomic mass is 9.89. The molecule has 0 saturated carbocycles. The smallest absolute Gasteiger partial charge is 0.0817 e. The molecule has 2 atom stereocenters. The first-order valence-electron chi connectivity index (χ1n) is 20.8. The summed E-state index contributed by atoms with van der Waals surface area (Å²) in [6.45, 7) is 20.1. The summed E-state index contributed by atoms with van der Waals surface area (Å²) in [6, 6.07) is 27.7. The highest BCUT2D eigenvalue weighted by atomic mass is 79.9. The molecule has 5 aliphatic heterocycles. The number of alkyl halides is 1. The number of nitrogens with one attached hydrogen (secondary N) is 1. The maximum absolute atomic E-state index is 5.66. The third-order valence-corrected chi connectivity index (χ3v) is 13.4. The number of aromatic amines is 1. The first-order chi connectivity index (χ1) is 28.4. The predicted octanol–water partition coefficient (Wildman–Crippen LogP) is 10.9. The van der Waals surface area contributed by atoms with Crippen LogP contribution < -0.4 is 10.7 Å².